The predicted octanol–water partition coefficient (Wildman–Crippen LogP) is 4.31. The molecule has 12 heteroatoms. The first-order chi connectivity index (χ1) is 22.8. The van der Waals surface area contributed by atoms with E-state index in [9.17, 15) is 14.7 Å². The van der Waals surface area contributed by atoms with Crippen molar-refractivity contribution in [3.8, 4) is 23.7 Å². The highest BCUT2D eigenvalue weighted by Crippen LogP contribution is 2.13. The molecule has 0 aromatic heterocycles. The minimum absolute atomic E-state index is 0.0154. The SMILES string of the molecule is CCOC(=O)N1CCN(C(C#Cc2cccc(Cl)c2)CO)CC1.CCOC(=O)N1CCN(C(C#Cc2cccc(Cl)c2)COC)CC1. The molecule has 0 radical (unpaired) electrons. The standard InChI is InChI=1S/C18H23ClN2O3.C17H21ClN2O3/c1-3-24-18(22)21-11-9-20(10-12-21)17(14-23-2)8-7-15-5-4-6-16(19)13-15;1-2-23-17(22)20-10-8-19(9-11-20)16(13-21)7-6-14-4-3-5-15(18)12-14/h4-6,13,17H,3,9-12,14H2,1-2H3;3-5,12,16,21H,2,8-11,13H2,1H3. The van der Waals surface area contributed by atoms with Crippen LogP contribution in [0.25, 0.3) is 0 Å². The Labute approximate surface area is 288 Å². The molecular weight excluding hydrogens is 643 g/mol. The van der Waals surface area contributed by atoms with Crippen LogP contribution in [0, 0.1) is 23.7 Å². The van der Waals surface area contributed by atoms with Crippen molar-refractivity contribution in [1.29, 1.82) is 0 Å². The van der Waals surface area contributed by atoms with E-state index in [4.69, 9.17) is 37.4 Å². The lowest BCUT2D eigenvalue weighted by molar-refractivity contribution is 0.0565. The summed E-state index contributed by atoms with van der Waals surface area (Å²) in [5.74, 6) is 12.6. The maximum Gasteiger partial charge on any atom is 0.409 e. The van der Waals surface area contributed by atoms with Crippen LogP contribution in [0.5, 0.6) is 0 Å². The average molecular weight is 688 g/mol. The number of amides is 2. The monoisotopic (exact) mass is 686 g/mol. The highest BCUT2D eigenvalue weighted by molar-refractivity contribution is 6.30. The summed E-state index contributed by atoms with van der Waals surface area (Å²) >= 11 is 11.9. The number of aliphatic hydroxyl groups is 1. The number of halogens is 2. The molecule has 1 N–H and O–H groups in total. The maximum absolute atomic E-state index is 11.8. The van der Waals surface area contributed by atoms with Gasteiger partial charge in [0, 0.05) is 80.6 Å². The number of nitrogens with zero attached hydrogens (tertiary/aromatic N) is 4. The highest BCUT2D eigenvalue weighted by atomic mass is 35.5. The molecule has 2 heterocycles. The van der Waals surface area contributed by atoms with Gasteiger partial charge in [-0.05, 0) is 50.2 Å². The largest absolute Gasteiger partial charge is 0.450 e. The number of benzene rings is 2. The fraction of sp³-hybridized carbons (Fsp3) is 0.486. The van der Waals surface area contributed by atoms with Gasteiger partial charge in [0.05, 0.1) is 38.5 Å². The molecular formula is C35H44Cl2N4O6. The number of hydrogen-bond acceptors (Lipinski definition) is 8. The van der Waals surface area contributed by atoms with E-state index < -0.39 is 0 Å². The Morgan fingerprint density at radius 2 is 1.17 bits per heavy atom. The Kier molecular flexibility index (Phi) is 16.7. The van der Waals surface area contributed by atoms with Gasteiger partial charge >= 0.3 is 12.2 Å². The number of carbonyl (C=O) groups excluding carboxylic acids is 2. The number of aliphatic hydroxyl groups excluding tert-OH is 1. The Morgan fingerprint density at radius 3 is 1.55 bits per heavy atom. The van der Waals surface area contributed by atoms with Crippen molar-refractivity contribution in [3.63, 3.8) is 0 Å². The van der Waals surface area contributed by atoms with Crippen molar-refractivity contribution in [3.05, 3.63) is 69.7 Å². The van der Waals surface area contributed by atoms with Crippen LogP contribution in [0.4, 0.5) is 9.59 Å². The Balaban J connectivity index is 0.000000256. The first kappa shape index (κ1) is 38.0. The maximum atomic E-state index is 11.8. The second-order valence-corrected chi connectivity index (χ2v) is 11.5. The van der Waals surface area contributed by atoms with E-state index >= 15 is 0 Å². The van der Waals surface area contributed by atoms with Gasteiger partial charge in [-0.1, -0.05) is 59.0 Å². The molecule has 2 aromatic rings. The molecule has 2 aromatic carbocycles. The number of piperazine rings is 2. The summed E-state index contributed by atoms with van der Waals surface area (Å²) in [5.41, 5.74) is 1.70. The zero-order valence-corrected chi connectivity index (χ0v) is 28.8. The fourth-order valence-corrected chi connectivity index (χ4v) is 5.36. The van der Waals surface area contributed by atoms with Gasteiger partial charge in [-0.2, -0.15) is 0 Å². The molecule has 2 atom stereocenters. The molecule has 47 heavy (non-hydrogen) atoms. The third-order valence-electron chi connectivity index (χ3n) is 7.48. The van der Waals surface area contributed by atoms with Crippen molar-refractivity contribution in [2.24, 2.45) is 0 Å². The fourth-order valence-electron chi connectivity index (χ4n) is 4.98. The summed E-state index contributed by atoms with van der Waals surface area (Å²) in [6.07, 6.45) is -0.525. The zero-order valence-electron chi connectivity index (χ0n) is 27.3. The van der Waals surface area contributed by atoms with E-state index in [2.05, 4.69) is 33.5 Å². The minimum atomic E-state index is -0.280. The predicted molar refractivity (Wildman–Crippen MR) is 184 cm³/mol. The molecule has 254 valence electrons. The van der Waals surface area contributed by atoms with E-state index in [1.54, 1.807) is 36.0 Å². The van der Waals surface area contributed by atoms with Crippen LogP contribution in [-0.4, -0.2) is 135 Å². The topological polar surface area (TPSA) is 95.0 Å². The van der Waals surface area contributed by atoms with E-state index in [-0.39, 0.29) is 30.9 Å². The highest BCUT2D eigenvalue weighted by Gasteiger charge is 2.27. The molecule has 2 aliphatic heterocycles. The van der Waals surface area contributed by atoms with Gasteiger partial charge in [-0.25, -0.2) is 9.59 Å². The van der Waals surface area contributed by atoms with Gasteiger partial charge in [0.1, 0.15) is 0 Å². The van der Waals surface area contributed by atoms with Crippen molar-refractivity contribution < 1.29 is 28.9 Å². The third-order valence-corrected chi connectivity index (χ3v) is 7.95. The first-order valence-corrected chi connectivity index (χ1v) is 16.5. The normalized spacial score (nSPS) is 16.3. The molecule has 0 spiro atoms. The van der Waals surface area contributed by atoms with E-state index in [0.29, 0.717) is 69.1 Å². The van der Waals surface area contributed by atoms with Crippen molar-refractivity contribution >= 4 is 35.4 Å². The zero-order chi connectivity index (χ0) is 34.0. The van der Waals surface area contributed by atoms with Crippen LogP contribution in [0.3, 0.4) is 0 Å². The number of methoxy groups -OCH3 is 1. The average Bonchev–Trinajstić information content (AvgIpc) is 3.08. The van der Waals surface area contributed by atoms with E-state index in [0.717, 1.165) is 24.2 Å². The number of hydrogen-bond donors (Lipinski definition) is 1. The van der Waals surface area contributed by atoms with E-state index in [1.807, 2.05) is 43.3 Å². The summed E-state index contributed by atoms with van der Waals surface area (Å²) in [6, 6.07) is 14.5. The Morgan fingerprint density at radius 1 is 0.745 bits per heavy atom. The van der Waals surface area contributed by atoms with Crippen molar-refractivity contribution in [2.75, 3.05) is 85.9 Å². The molecule has 4 rings (SSSR count). The van der Waals surface area contributed by atoms with Crippen LogP contribution in [0.1, 0.15) is 25.0 Å². The van der Waals surface area contributed by atoms with Gasteiger partial charge < -0.3 is 29.1 Å². The van der Waals surface area contributed by atoms with Crippen LogP contribution in [0.2, 0.25) is 10.0 Å². The van der Waals surface area contributed by atoms with Gasteiger partial charge in [0.15, 0.2) is 0 Å². The number of carbonyl (C=O) groups is 2. The molecule has 2 saturated heterocycles. The van der Waals surface area contributed by atoms with Crippen LogP contribution >= 0.6 is 23.2 Å². The molecule has 10 nitrogen and oxygen atoms in total. The summed E-state index contributed by atoms with van der Waals surface area (Å²) in [6.45, 7) is 10.1. The van der Waals surface area contributed by atoms with Gasteiger partial charge in [-0.3, -0.25) is 9.80 Å². The lowest BCUT2D eigenvalue weighted by Crippen LogP contribution is -2.52. The summed E-state index contributed by atoms with van der Waals surface area (Å²) < 4.78 is 15.3. The van der Waals surface area contributed by atoms with Gasteiger partial charge in [0.25, 0.3) is 0 Å². The lowest BCUT2D eigenvalue weighted by Gasteiger charge is -2.36. The van der Waals surface area contributed by atoms with Crippen LogP contribution in [0.15, 0.2) is 48.5 Å². The smallest absolute Gasteiger partial charge is 0.409 e. The Bertz CT molecular complexity index is 1410. The summed E-state index contributed by atoms with van der Waals surface area (Å²) in [7, 11) is 1.67. The number of ether oxygens (including phenoxy) is 3. The molecule has 2 unspecified atom stereocenters. The molecule has 2 aliphatic rings. The third kappa shape index (κ3) is 12.9. The minimum Gasteiger partial charge on any atom is -0.450 e. The molecule has 0 aliphatic carbocycles. The summed E-state index contributed by atoms with van der Waals surface area (Å²) in [4.78, 5) is 31.2. The van der Waals surface area contributed by atoms with E-state index in [1.165, 1.54) is 0 Å². The molecule has 2 fully saturated rings. The van der Waals surface area contributed by atoms with Gasteiger partial charge in [-0.15, -0.1) is 0 Å². The quantitative estimate of drug-likeness (QED) is 0.431. The van der Waals surface area contributed by atoms with Crippen molar-refractivity contribution in [2.45, 2.75) is 25.9 Å². The molecule has 0 saturated carbocycles. The number of rotatable bonds is 7. The summed E-state index contributed by atoms with van der Waals surface area (Å²) in [5, 5.41) is 10.9. The first-order valence-electron chi connectivity index (χ1n) is 15.7. The Hall–Kier alpha value is -3.48. The molecule has 0 bridgehead atoms. The van der Waals surface area contributed by atoms with Crippen LogP contribution < -0.4 is 0 Å². The van der Waals surface area contributed by atoms with Gasteiger partial charge in [0.2, 0.25) is 0 Å². The molecule has 2 amide bonds. The second kappa shape index (κ2) is 20.7. The van der Waals surface area contributed by atoms with Crippen LogP contribution in [-0.2, 0) is 14.2 Å². The second-order valence-electron chi connectivity index (χ2n) is 10.7. The van der Waals surface area contributed by atoms with Crippen molar-refractivity contribution in [1.82, 2.24) is 19.6 Å². The lowest BCUT2D eigenvalue weighted by atomic mass is 10.2.